The Hall–Kier alpha value is -1.30. The zero-order chi connectivity index (χ0) is 13.8. The van der Waals surface area contributed by atoms with Crippen molar-refractivity contribution in [3.63, 3.8) is 0 Å². The van der Waals surface area contributed by atoms with Crippen LogP contribution in [0, 0.1) is 0 Å². The second kappa shape index (κ2) is 6.43. The molecule has 2 aromatic rings. The largest absolute Gasteiger partial charge is 0.378 e. The van der Waals surface area contributed by atoms with E-state index in [1.807, 2.05) is 24.5 Å². The fourth-order valence-corrected chi connectivity index (χ4v) is 3.16. The van der Waals surface area contributed by atoms with Crippen LogP contribution < -0.4 is 5.32 Å². The molecule has 0 saturated heterocycles. The molecule has 106 valence electrons. The van der Waals surface area contributed by atoms with Gasteiger partial charge in [0.25, 0.3) is 0 Å². The molecule has 0 atom stereocenters. The van der Waals surface area contributed by atoms with Gasteiger partial charge in [0, 0.05) is 43.4 Å². The number of methoxy groups -OCH3 is 1. The third-order valence-electron chi connectivity index (χ3n) is 3.34. The van der Waals surface area contributed by atoms with E-state index in [0.717, 1.165) is 29.7 Å². The molecular formula is C15H19N3OS. The van der Waals surface area contributed by atoms with Crippen molar-refractivity contribution in [2.45, 2.75) is 38.5 Å². The SMILES string of the molecule is COCc1nc(Cc2ccncc2)sc1CNC1CC1. The highest BCUT2D eigenvalue weighted by molar-refractivity contribution is 7.11. The fraction of sp³-hybridized carbons (Fsp3) is 0.467. The van der Waals surface area contributed by atoms with E-state index in [1.165, 1.54) is 23.3 Å². The lowest BCUT2D eigenvalue weighted by molar-refractivity contribution is 0.181. The summed E-state index contributed by atoms with van der Waals surface area (Å²) in [4.78, 5) is 10.1. The minimum absolute atomic E-state index is 0.592. The Balaban J connectivity index is 1.71. The molecule has 2 heterocycles. The van der Waals surface area contributed by atoms with Crippen LogP contribution in [-0.2, 0) is 24.3 Å². The van der Waals surface area contributed by atoms with Gasteiger partial charge in [0.2, 0.25) is 0 Å². The predicted molar refractivity (Wildman–Crippen MR) is 79.7 cm³/mol. The van der Waals surface area contributed by atoms with Gasteiger partial charge in [-0.25, -0.2) is 4.98 Å². The van der Waals surface area contributed by atoms with Crippen molar-refractivity contribution in [3.05, 3.63) is 45.7 Å². The fourth-order valence-electron chi connectivity index (χ4n) is 2.10. The molecule has 1 aliphatic rings. The van der Waals surface area contributed by atoms with E-state index in [2.05, 4.69) is 10.3 Å². The second-order valence-electron chi connectivity index (χ2n) is 5.10. The Morgan fingerprint density at radius 2 is 2.15 bits per heavy atom. The third kappa shape index (κ3) is 3.62. The van der Waals surface area contributed by atoms with E-state index in [1.54, 1.807) is 18.4 Å². The van der Waals surface area contributed by atoms with Crippen molar-refractivity contribution >= 4 is 11.3 Å². The van der Waals surface area contributed by atoms with Gasteiger partial charge < -0.3 is 10.1 Å². The summed E-state index contributed by atoms with van der Waals surface area (Å²) in [6.07, 6.45) is 7.14. The minimum Gasteiger partial charge on any atom is -0.378 e. The normalized spacial score (nSPS) is 14.7. The summed E-state index contributed by atoms with van der Waals surface area (Å²) in [5.41, 5.74) is 2.33. The van der Waals surface area contributed by atoms with Crippen molar-refractivity contribution in [3.8, 4) is 0 Å². The molecule has 0 aliphatic heterocycles. The number of aromatic nitrogens is 2. The summed E-state index contributed by atoms with van der Waals surface area (Å²) in [6, 6.07) is 4.80. The van der Waals surface area contributed by atoms with Crippen LogP contribution in [0.4, 0.5) is 0 Å². The lowest BCUT2D eigenvalue weighted by Gasteiger charge is -2.02. The zero-order valence-corrected chi connectivity index (χ0v) is 12.4. The van der Waals surface area contributed by atoms with Gasteiger partial charge in [-0.15, -0.1) is 11.3 Å². The van der Waals surface area contributed by atoms with Crippen LogP contribution in [0.15, 0.2) is 24.5 Å². The minimum atomic E-state index is 0.592. The van der Waals surface area contributed by atoms with E-state index in [9.17, 15) is 0 Å². The van der Waals surface area contributed by atoms with Gasteiger partial charge in [-0.3, -0.25) is 4.98 Å². The number of rotatable bonds is 7. The van der Waals surface area contributed by atoms with Gasteiger partial charge in [-0.2, -0.15) is 0 Å². The van der Waals surface area contributed by atoms with Gasteiger partial charge in [-0.1, -0.05) is 0 Å². The predicted octanol–water partition coefficient (Wildman–Crippen LogP) is 2.53. The summed E-state index contributed by atoms with van der Waals surface area (Å²) < 4.78 is 5.26. The van der Waals surface area contributed by atoms with Crippen LogP contribution in [0.1, 0.15) is 34.0 Å². The van der Waals surface area contributed by atoms with Crippen LogP contribution in [-0.4, -0.2) is 23.1 Å². The van der Waals surface area contributed by atoms with E-state index < -0.39 is 0 Å². The standard InChI is InChI=1S/C15H19N3OS/c1-19-10-13-14(9-17-12-2-3-12)20-15(18-13)8-11-4-6-16-7-5-11/h4-7,12,17H,2-3,8-10H2,1H3. The average Bonchev–Trinajstić information content (AvgIpc) is 3.22. The number of hydrogen-bond donors (Lipinski definition) is 1. The molecule has 0 bridgehead atoms. The van der Waals surface area contributed by atoms with Gasteiger partial charge in [0.15, 0.2) is 0 Å². The van der Waals surface area contributed by atoms with Gasteiger partial charge in [0.05, 0.1) is 17.3 Å². The maximum atomic E-state index is 5.26. The summed E-state index contributed by atoms with van der Waals surface area (Å²) in [5.74, 6) is 0. The lowest BCUT2D eigenvalue weighted by Crippen LogP contribution is -2.15. The number of hydrogen-bond acceptors (Lipinski definition) is 5. The molecule has 0 aromatic carbocycles. The van der Waals surface area contributed by atoms with Crippen molar-refractivity contribution in [2.24, 2.45) is 0 Å². The summed E-state index contributed by atoms with van der Waals surface area (Å²) >= 11 is 1.79. The molecule has 5 heteroatoms. The van der Waals surface area contributed by atoms with E-state index in [4.69, 9.17) is 9.72 Å². The van der Waals surface area contributed by atoms with Gasteiger partial charge >= 0.3 is 0 Å². The first-order chi connectivity index (χ1) is 9.85. The van der Waals surface area contributed by atoms with Crippen LogP contribution in [0.2, 0.25) is 0 Å². The maximum Gasteiger partial charge on any atom is 0.0976 e. The Kier molecular flexibility index (Phi) is 4.40. The average molecular weight is 289 g/mol. The molecule has 2 aromatic heterocycles. The highest BCUT2D eigenvalue weighted by Crippen LogP contribution is 2.24. The molecule has 0 unspecified atom stereocenters. The molecule has 1 aliphatic carbocycles. The number of thiazole rings is 1. The van der Waals surface area contributed by atoms with Gasteiger partial charge in [0.1, 0.15) is 0 Å². The highest BCUT2D eigenvalue weighted by Gasteiger charge is 2.21. The number of pyridine rings is 1. The number of nitrogens with zero attached hydrogens (tertiary/aromatic N) is 2. The molecule has 1 N–H and O–H groups in total. The van der Waals surface area contributed by atoms with Crippen molar-refractivity contribution in [1.82, 2.24) is 15.3 Å². The first-order valence-corrected chi connectivity index (χ1v) is 7.75. The number of nitrogens with one attached hydrogen (secondary N) is 1. The second-order valence-corrected chi connectivity index (χ2v) is 6.27. The summed E-state index contributed by atoms with van der Waals surface area (Å²) in [5, 5.41) is 4.70. The molecule has 0 radical (unpaired) electrons. The molecule has 20 heavy (non-hydrogen) atoms. The van der Waals surface area contributed by atoms with E-state index >= 15 is 0 Å². The van der Waals surface area contributed by atoms with Crippen LogP contribution in [0.3, 0.4) is 0 Å². The highest BCUT2D eigenvalue weighted by atomic mass is 32.1. The molecule has 3 rings (SSSR count). The van der Waals surface area contributed by atoms with E-state index in [0.29, 0.717) is 6.61 Å². The third-order valence-corrected chi connectivity index (χ3v) is 4.43. The first-order valence-electron chi connectivity index (χ1n) is 6.94. The first kappa shape index (κ1) is 13.7. The van der Waals surface area contributed by atoms with Crippen molar-refractivity contribution < 1.29 is 4.74 Å². The Morgan fingerprint density at radius 3 is 2.85 bits per heavy atom. The summed E-state index contributed by atoms with van der Waals surface area (Å²) in [6.45, 7) is 1.51. The topological polar surface area (TPSA) is 47.0 Å². The molecule has 1 saturated carbocycles. The molecule has 0 amide bonds. The maximum absolute atomic E-state index is 5.26. The van der Waals surface area contributed by atoms with Crippen LogP contribution in [0.5, 0.6) is 0 Å². The Morgan fingerprint density at radius 1 is 1.35 bits per heavy atom. The molecule has 4 nitrogen and oxygen atoms in total. The summed E-state index contributed by atoms with van der Waals surface area (Å²) in [7, 11) is 1.72. The van der Waals surface area contributed by atoms with Crippen molar-refractivity contribution in [2.75, 3.05) is 7.11 Å². The lowest BCUT2D eigenvalue weighted by atomic mass is 10.2. The number of ether oxygens (including phenoxy) is 1. The van der Waals surface area contributed by atoms with Crippen LogP contribution >= 0.6 is 11.3 Å². The Labute approximate surface area is 123 Å². The molecule has 0 spiro atoms. The zero-order valence-electron chi connectivity index (χ0n) is 11.6. The Bertz CT molecular complexity index is 552. The van der Waals surface area contributed by atoms with E-state index in [-0.39, 0.29) is 0 Å². The quantitative estimate of drug-likeness (QED) is 0.851. The van der Waals surface area contributed by atoms with Crippen LogP contribution in [0.25, 0.3) is 0 Å². The molecule has 1 fully saturated rings. The van der Waals surface area contributed by atoms with Crippen molar-refractivity contribution in [1.29, 1.82) is 0 Å². The smallest absolute Gasteiger partial charge is 0.0976 e. The molecular weight excluding hydrogens is 270 g/mol. The monoisotopic (exact) mass is 289 g/mol. The van der Waals surface area contributed by atoms with Gasteiger partial charge in [-0.05, 0) is 30.5 Å².